The maximum absolute atomic E-state index is 13.1. The first-order chi connectivity index (χ1) is 13.3. The number of aryl methyl sites for hydroxylation is 3. The fourth-order valence-electron chi connectivity index (χ4n) is 3.14. The molecular weight excluding hydrogens is 394 g/mol. The van der Waals surface area contributed by atoms with Crippen LogP contribution in [0.3, 0.4) is 0 Å². The number of ketones is 1. The highest BCUT2D eigenvalue weighted by Gasteiger charge is 2.19. The number of carbonyl (C=O) groups excluding carboxylic acids is 1. The van der Waals surface area contributed by atoms with Gasteiger partial charge < -0.3 is 9.30 Å². The molecule has 150 valence electrons. The van der Waals surface area contributed by atoms with Crippen molar-refractivity contribution in [3.8, 4) is 0 Å². The molecule has 0 radical (unpaired) electrons. The van der Waals surface area contributed by atoms with Crippen LogP contribution in [0.2, 0.25) is 0 Å². The third-order valence-electron chi connectivity index (χ3n) is 5.18. The summed E-state index contributed by atoms with van der Waals surface area (Å²) in [5, 5.41) is 1.23. The second-order valence-corrected chi connectivity index (χ2v) is 9.01. The van der Waals surface area contributed by atoms with Crippen LogP contribution in [0.1, 0.15) is 32.2 Å². The van der Waals surface area contributed by atoms with E-state index in [2.05, 4.69) is 0 Å². The second kappa shape index (κ2) is 8.23. The lowest BCUT2D eigenvalue weighted by Gasteiger charge is -2.11. The number of fused-ring (bicyclic) bond motifs is 1. The summed E-state index contributed by atoms with van der Waals surface area (Å²) in [7, 11) is 3.56. The van der Waals surface area contributed by atoms with Crippen LogP contribution in [-0.2, 0) is 18.3 Å². The van der Waals surface area contributed by atoms with Crippen molar-refractivity contribution in [3.05, 3.63) is 43.8 Å². The van der Waals surface area contributed by atoms with E-state index in [0.717, 1.165) is 32.2 Å². The summed E-state index contributed by atoms with van der Waals surface area (Å²) in [6.45, 7) is 8.70. The van der Waals surface area contributed by atoms with Crippen LogP contribution in [0.4, 0.5) is 0 Å². The molecule has 0 aromatic carbocycles. The first-order valence-corrected chi connectivity index (χ1v) is 10.8. The van der Waals surface area contributed by atoms with E-state index < -0.39 is 0 Å². The molecule has 3 rings (SSSR count). The van der Waals surface area contributed by atoms with Gasteiger partial charge in [0.1, 0.15) is 4.83 Å². The number of Topliss-reactive ketones (excluding diaryl/α,β-unsaturated/α-hetero) is 1. The SMILES string of the molecule is COCCn1c(SCC(=O)c2cc(C)n(C)c2C)nc2sc(C)c(C)c2c1=O. The van der Waals surface area contributed by atoms with Crippen LogP contribution in [0, 0.1) is 27.7 Å². The highest BCUT2D eigenvalue weighted by atomic mass is 32.2. The third-order valence-corrected chi connectivity index (χ3v) is 7.26. The lowest BCUT2D eigenvalue weighted by Crippen LogP contribution is -2.25. The van der Waals surface area contributed by atoms with E-state index in [9.17, 15) is 9.59 Å². The third kappa shape index (κ3) is 3.68. The summed E-state index contributed by atoms with van der Waals surface area (Å²) in [6.07, 6.45) is 0. The van der Waals surface area contributed by atoms with Gasteiger partial charge in [-0.2, -0.15) is 0 Å². The van der Waals surface area contributed by atoms with Crippen LogP contribution in [0.5, 0.6) is 0 Å². The van der Waals surface area contributed by atoms with Gasteiger partial charge in [0.25, 0.3) is 5.56 Å². The van der Waals surface area contributed by atoms with Crippen molar-refractivity contribution in [2.75, 3.05) is 19.5 Å². The van der Waals surface area contributed by atoms with Crippen LogP contribution >= 0.6 is 23.1 Å². The molecule has 0 bridgehead atoms. The van der Waals surface area contributed by atoms with Crippen LogP contribution in [0.25, 0.3) is 10.2 Å². The topological polar surface area (TPSA) is 66.1 Å². The molecule has 0 amide bonds. The van der Waals surface area contributed by atoms with Crippen molar-refractivity contribution in [3.63, 3.8) is 0 Å². The molecule has 0 aliphatic carbocycles. The fourth-order valence-corrected chi connectivity index (χ4v) is 5.12. The Bertz CT molecular complexity index is 1110. The Morgan fingerprint density at radius 3 is 2.61 bits per heavy atom. The van der Waals surface area contributed by atoms with Gasteiger partial charge in [-0.25, -0.2) is 4.98 Å². The van der Waals surface area contributed by atoms with Gasteiger partial charge in [-0.3, -0.25) is 14.2 Å². The Kier molecular flexibility index (Phi) is 6.12. The van der Waals surface area contributed by atoms with E-state index >= 15 is 0 Å². The molecule has 3 heterocycles. The largest absolute Gasteiger partial charge is 0.383 e. The Hall–Kier alpha value is -1.90. The normalized spacial score (nSPS) is 11.5. The second-order valence-electron chi connectivity index (χ2n) is 6.86. The van der Waals surface area contributed by atoms with Gasteiger partial charge >= 0.3 is 0 Å². The minimum Gasteiger partial charge on any atom is -0.383 e. The highest BCUT2D eigenvalue weighted by Crippen LogP contribution is 2.29. The van der Waals surface area contributed by atoms with Crippen molar-refractivity contribution < 1.29 is 9.53 Å². The molecule has 8 heteroatoms. The van der Waals surface area contributed by atoms with Crippen molar-refractivity contribution in [2.24, 2.45) is 7.05 Å². The van der Waals surface area contributed by atoms with Crippen molar-refractivity contribution >= 4 is 39.1 Å². The number of ether oxygens (including phenoxy) is 1. The Morgan fingerprint density at radius 1 is 1.29 bits per heavy atom. The Balaban J connectivity index is 1.96. The smallest absolute Gasteiger partial charge is 0.263 e. The number of hydrogen-bond acceptors (Lipinski definition) is 6. The van der Waals surface area contributed by atoms with Gasteiger partial charge in [-0.15, -0.1) is 11.3 Å². The number of carbonyl (C=O) groups is 1. The zero-order chi connectivity index (χ0) is 20.6. The zero-order valence-corrected chi connectivity index (χ0v) is 18.7. The van der Waals surface area contributed by atoms with Crippen molar-refractivity contribution in [2.45, 2.75) is 39.4 Å². The average molecular weight is 420 g/mol. The summed E-state index contributed by atoms with van der Waals surface area (Å²) >= 11 is 2.83. The van der Waals surface area contributed by atoms with Gasteiger partial charge in [0.15, 0.2) is 10.9 Å². The standard InChI is InChI=1S/C20H25N3O3S2/c1-11-9-15(13(3)22(11)5)16(24)10-27-20-21-18-17(12(2)14(4)28-18)19(25)23(20)7-8-26-6/h9H,7-8,10H2,1-6H3. The lowest BCUT2D eigenvalue weighted by molar-refractivity contribution is 0.102. The summed E-state index contributed by atoms with van der Waals surface area (Å²) in [5.74, 6) is 0.274. The molecular formula is C20H25N3O3S2. The summed E-state index contributed by atoms with van der Waals surface area (Å²) in [4.78, 5) is 32.4. The summed E-state index contributed by atoms with van der Waals surface area (Å²) < 4.78 is 8.80. The number of nitrogens with zero attached hydrogens (tertiary/aromatic N) is 3. The van der Waals surface area contributed by atoms with Gasteiger partial charge in [0, 0.05) is 36.0 Å². The highest BCUT2D eigenvalue weighted by molar-refractivity contribution is 7.99. The molecule has 0 spiro atoms. The number of hydrogen-bond donors (Lipinski definition) is 0. The van der Waals surface area contributed by atoms with Crippen LogP contribution in [-0.4, -0.2) is 39.4 Å². The lowest BCUT2D eigenvalue weighted by atomic mass is 10.2. The van der Waals surface area contributed by atoms with Crippen molar-refractivity contribution in [1.82, 2.24) is 14.1 Å². The predicted molar refractivity (Wildman–Crippen MR) is 115 cm³/mol. The molecule has 3 aromatic rings. The van der Waals surface area contributed by atoms with E-state index in [1.165, 1.54) is 23.1 Å². The molecule has 0 aliphatic heterocycles. The molecule has 28 heavy (non-hydrogen) atoms. The monoisotopic (exact) mass is 419 g/mol. The van der Waals surface area contributed by atoms with E-state index in [1.807, 2.05) is 45.4 Å². The molecule has 0 aliphatic rings. The molecule has 0 saturated carbocycles. The minimum atomic E-state index is -0.0643. The zero-order valence-electron chi connectivity index (χ0n) is 17.1. The van der Waals surface area contributed by atoms with Gasteiger partial charge in [-0.05, 0) is 39.3 Å². The number of methoxy groups -OCH3 is 1. The van der Waals surface area contributed by atoms with Gasteiger partial charge in [-0.1, -0.05) is 11.8 Å². The van der Waals surface area contributed by atoms with Gasteiger partial charge in [0.2, 0.25) is 0 Å². The van der Waals surface area contributed by atoms with Crippen molar-refractivity contribution in [1.29, 1.82) is 0 Å². The average Bonchev–Trinajstić information content (AvgIpc) is 3.09. The first kappa shape index (κ1) is 20.8. The van der Waals surface area contributed by atoms with Crippen LogP contribution in [0.15, 0.2) is 16.0 Å². The Morgan fingerprint density at radius 2 is 2.00 bits per heavy atom. The number of thiophene rings is 1. The summed E-state index contributed by atoms with van der Waals surface area (Å²) in [6, 6.07) is 1.92. The van der Waals surface area contributed by atoms with E-state index in [0.29, 0.717) is 23.7 Å². The molecule has 0 saturated heterocycles. The molecule has 0 fully saturated rings. The Labute approximate surface area is 172 Å². The molecule has 0 unspecified atom stereocenters. The summed E-state index contributed by atoms with van der Waals surface area (Å²) in [5.41, 5.74) is 3.64. The van der Waals surface area contributed by atoms with E-state index in [1.54, 1.807) is 11.7 Å². The molecule has 0 N–H and O–H groups in total. The number of rotatable bonds is 7. The predicted octanol–water partition coefficient (Wildman–Crippen LogP) is 3.65. The van der Waals surface area contributed by atoms with Gasteiger partial charge in [0.05, 0.1) is 24.3 Å². The molecule has 6 nitrogen and oxygen atoms in total. The maximum Gasteiger partial charge on any atom is 0.263 e. The number of aromatic nitrogens is 3. The fraction of sp³-hybridized carbons (Fsp3) is 0.450. The maximum atomic E-state index is 13.1. The quantitative estimate of drug-likeness (QED) is 0.332. The molecule has 0 atom stereocenters. The molecule has 3 aromatic heterocycles. The number of thioether (sulfide) groups is 1. The van der Waals surface area contributed by atoms with Crippen LogP contribution < -0.4 is 5.56 Å². The van der Waals surface area contributed by atoms with E-state index in [-0.39, 0.29) is 17.1 Å². The minimum absolute atomic E-state index is 0.0392. The first-order valence-electron chi connectivity index (χ1n) is 9.04. The van der Waals surface area contributed by atoms with E-state index in [4.69, 9.17) is 9.72 Å².